The number of rotatable bonds is 2. The van der Waals surface area contributed by atoms with Crippen LogP contribution in [0.1, 0.15) is 0 Å². The number of nitrogens with zero attached hydrogens (tertiary/aromatic N) is 4. The first-order chi connectivity index (χ1) is 8.83. The van der Waals surface area contributed by atoms with Crippen LogP contribution in [0, 0.1) is 0 Å². The van der Waals surface area contributed by atoms with E-state index in [1.807, 2.05) is 36.5 Å². The maximum atomic E-state index is 5.70. The van der Waals surface area contributed by atoms with Crippen LogP contribution in [-0.2, 0) is 0 Å². The van der Waals surface area contributed by atoms with Crippen LogP contribution in [0.3, 0.4) is 0 Å². The number of hydrogen-bond donors (Lipinski definition) is 0. The number of benzene rings is 1. The van der Waals surface area contributed by atoms with E-state index in [0.717, 1.165) is 11.1 Å². The van der Waals surface area contributed by atoms with Crippen molar-refractivity contribution in [1.82, 2.24) is 20.0 Å². The van der Waals surface area contributed by atoms with Gasteiger partial charge in [0.05, 0.1) is 6.20 Å². The molecule has 3 rings (SSSR count). The van der Waals surface area contributed by atoms with E-state index in [-0.39, 0.29) is 0 Å². The Hall–Kier alpha value is -2.20. The van der Waals surface area contributed by atoms with Gasteiger partial charge < -0.3 is 0 Å². The van der Waals surface area contributed by atoms with Gasteiger partial charge in [0.2, 0.25) is 0 Å². The summed E-state index contributed by atoms with van der Waals surface area (Å²) in [5, 5.41) is 12.4. The summed E-state index contributed by atoms with van der Waals surface area (Å²) < 4.78 is 1.67. The van der Waals surface area contributed by atoms with Crippen molar-refractivity contribution in [2.75, 3.05) is 0 Å². The molecule has 0 spiro atoms. The minimum absolute atomic E-state index is 0.370. The standard InChI is InChI=1S/C13H9ClN4/c14-12-6-7-13(17-16-12)18-9-11(8-15-18)10-4-2-1-3-5-10/h1-9H. The molecule has 88 valence electrons. The first-order valence-corrected chi connectivity index (χ1v) is 5.80. The summed E-state index contributed by atoms with van der Waals surface area (Å²) in [6.45, 7) is 0. The van der Waals surface area contributed by atoms with Gasteiger partial charge in [-0.05, 0) is 17.7 Å². The molecule has 0 N–H and O–H groups in total. The Morgan fingerprint density at radius 2 is 1.72 bits per heavy atom. The van der Waals surface area contributed by atoms with Gasteiger partial charge in [-0.25, -0.2) is 4.68 Å². The van der Waals surface area contributed by atoms with E-state index < -0.39 is 0 Å². The molecule has 0 saturated heterocycles. The van der Waals surface area contributed by atoms with Crippen molar-refractivity contribution in [1.29, 1.82) is 0 Å². The molecule has 2 heterocycles. The SMILES string of the molecule is Clc1ccc(-n2cc(-c3ccccc3)cn2)nn1. The summed E-state index contributed by atoms with van der Waals surface area (Å²) >= 11 is 5.70. The summed E-state index contributed by atoms with van der Waals surface area (Å²) in [6, 6.07) is 13.5. The van der Waals surface area contributed by atoms with Gasteiger partial charge in [0.1, 0.15) is 0 Å². The van der Waals surface area contributed by atoms with Crippen LogP contribution in [0.4, 0.5) is 0 Å². The van der Waals surface area contributed by atoms with Crippen LogP contribution in [0.15, 0.2) is 54.9 Å². The maximum absolute atomic E-state index is 5.70. The molecule has 1 aromatic carbocycles. The molecular weight excluding hydrogens is 248 g/mol. The van der Waals surface area contributed by atoms with Crippen LogP contribution in [-0.4, -0.2) is 20.0 Å². The van der Waals surface area contributed by atoms with Crippen molar-refractivity contribution in [3.05, 3.63) is 60.0 Å². The Labute approximate surface area is 109 Å². The molecule has 0 aliphatic carbocycles. The third-order valence-corrected chi connectivity index (χ3v) is 2.74. The van der Waals surface area contributed by atoms with Gasteiger partial charge in [0, 0.05) is 11.8 Å². The molecule has 5 heteroatoms. The van der Waals surface area contributed by atoms with E-state index in [2.05, 4.69) is 15.3 Å². The highest BCUT2D eigenvalue weighted by molar-refractivity contribution is 6.29. The molecule has 0 aliphatic heterocycles. The highest BCUT2D eigenvalue weighted by Gasteiger charge is 2.04. The van der Waals surface area contributed by atoms with Gasteiger partial charge in [-0.15, -0.1) is 10.2 Å². The van der Waals surface area contributed by atoms with E-state index in [0.29, 0.717) is 11.0 Å². The molecule has 4 nitrogen and oxygen atoms in total. The van der Waals surface area contributed by atoms with Gasteiger partial charge in [0.25, 0.3) is 0 Å². The summed E-state index contributed by atoms with van der Waals surface area (Å²) in [5.74, 6) is 0.640. The number of hydrogen-bond acceptors (Lipinski definition) is 3. The van der Waals surface area contributed by atoms with E-state index in [1.54, 1.807) is 23.0 Å². The largest absolute Gasteiger partial charge is 0.220 e. The Bertz CT molecular complexity index is 646. The highest BCUT2D eigenvalue weighted by atomic mass is 35.5. The van der Waals surface area contributed by atoms with Crippen molar-refractivity contribution in [3.8, 4) is 16.9 Å². The minimum Gasteiger partial charge on any atom is -0.220 e. The lowest BCUT2D eigenvalue weighted by Crippen LogP contribution is -1.98. The second kappa shape index (κ2) is 4.58. The molecule has 0 atom stereocenters. The summed E-state index contributed by atoms with van der Waals surface area (Å²) in [4.78, 5) is 0. The van der Waals surface area contributed by atoms with Crippen LogP contribution in [0.2, 0.25) is 5.15 Å². The normalized spacial score (nSPS) is 10.5. The van der Waals surface area contributed by atoms with Crippen molar-refractivity contribution in [2.45, 2.75) is 0 Å². The Balaban J connectivity index is 1.97. The zero-order valence-electron chi connectivity index (χ0n) is 9.36. The first kappa shape index (κ1) is 10.9. The van der Waals surface area contributed by atoms with E-state index in [4.69, 9.17) is 11.6 Å². The predicted octanol–water partition coefficient (Wildman–Crippen LogP) is 2.98. The van der Waals surface area contributed by atoms with Crippen LogP contribution in [0.5, 0.6) is 0 Å². The smallest absolute Gasteiger partial charge is 0.175 e. The van der Waals surface area contributed by atoms with E-state index in [9.17, 15) is 0 Å². The molecule has 0 saturated carbocycles. The maximum Gasteiger partial charge on any atom is 0.175 e. The van der Waals surface area contributed by atoms with Gasteiger partial charge in [-0.2, -0.15) is 5.10 Å². The molecule has 3 aromatic rings. The van der Waals surface area contributed by atoms with Crippen LogP contribution in [0.25, 0.3) is 16.9 Å². The van der Waals surface area contributed by atoms with Crippen molar-refractivity contribution < 1.29 is 0 Å². The van der Waals surface area contributed by atoms with Gasteiger partial charge >= 0.3 is 0 Å². The molecule has 2 aromatic heterocycles. The zero-order valence-corrected chi connectivity index (χ0v) is 10.1. The Morgan fingerprint density at radius 3 is 2.44 bits per heavy atom. The Morgan fingerprint density at radius 1 is 0.889 bits per heavy atom. The lowest BCUT2D eigenvalue weighted by molar-refractivity contribution is 0.814. The summed E-state index contributed by atoms with van der Waals surface area (Å²) in [6.07, 6.45) is 3.71. The lowest BCUT2D eigenvalue weighted by atomic mass is 10.1. The average Bonchev–Trinajstić information content (AvgIpc) is 2.90. The van der Waals surface area contributed by atoms with Gasteiger partial charge in [-0.1, -0.05) is 41.9 Å². The van der Waals surface area contributed by atoms with E-state index >= 15 is 0 Å². The van der Waals surface area contributed by atoms with Crippen molar-refractivity contribution in [3.63, 3.8) is 0 Å². The Kier molecular flexibility index (Phi) is 2.78. The number of aromatic nitrogens is 4. The number of halogens is 1. The molecule has 0 aliphatic rings. The molecule has 0 unspecified atom stereocenters. The molecule has 0 amide bonds. The lowest BCUT2D eigenvalue weighted by Gasteiger charge is -1.98. The molecule has 0 fully saturated rings. The molecule has 0 radical (unpaired) electrons. The highest BCUT2D eigenvalue weighted by Crippen LogP contribution is 2.18. The molecule has 18 heavy (non-hydrogen) atoms. The second-order valence-corrected chi connectivity index (χ2v) is 4.14. The first-order valence-electron chi connectivity index (χ1n) is 5.42. The fraction of sp³-hybridized carbons (Fsp3) is 0. The predicted molar refractivity (Wildman–Crippen MR) is 69.6 cm³/mol. The quantitative estimate of drug-likeness (QED) is 0.708. The molecular formula is C13H9ClN4. The second-order valence-electron chi connectivity index (χ2n) is 3.75. The van der Waals surface area contributed by atoms with Crippen LogP contribution >= 0.6 is 11.6 Å². The minimum atomic E-state index is 0.370. The molecule has 0 bridgehead atoms. The topological polar surface area (TPSA) is 43.6 Å². The van der Waals surface area contributed by atoms with Crippen molar-refractivity contribution >= 4 is 11.6 Å². The fourth-order valence-corrected chi connectivity index (χ4v) is 1.76. The third-order valence-electron chi connectivity index (χ3n) is 2.54. The van der Waals surface area contributed by atoms with Crippen molar-refractivity contribution in [2.24, 2.45) is 0 Å². The third kappa shape index (κ3) is 2.10. The van der Waals surface area contributed by atoms with Gasteiger partial charge in [0.15, 0.2) is 11.0 Å². The average molecular weight is 257 g/mol. The zero-order chi connectivity index (χ0) is 12.4. The fourth-order valence-electron chi connectivity index (χ4n) is 1.66. The van der Waals surface area contributed by atoms with Gasteiger partial charge in [-0.3, -0.25) is 0 Å². The summed E-state index contributed by atoms with van der Waals surface area (Å²) in [5.41, 5.74) is 2.15. The monoisotopic (exact) mass is 256 g/mol. The van der Waals surface area contributed by atoms with E-state index in [1.165, 1.54) is 0 Å². The van der Waals surface area contributed by atoms with Crippen LogP contribution < -0.4 is 0 Å². The summed E-state index contributed by atoms with van der Waals surface area (Å²) in [7, 11) is 0.